The van der Waals surface area contributed by atoms with Crippen LogP contribution in [0.1, 0.15) is 13.2 Å². The number of rotatable bonds is 3. The van der Waals surface area contributed by atoms with Crippen molar-refractivity contribution >= 4 is 27.6 Å². The number of benzene rings is 2. The van der Waals surface area contributed by atoms with Crippen molar-refractivity contribution in [1.82, 2.24) is 14.5 Å². The van der Waals surface area contributed by atoms with Gasteiger partial charge in [-0.15, -0.1) is 0 Å². The molecule has 3 heterocycles. The van der Waals surface area contributed by atoms with Crippen LogP contribution in [0.2, 0.25) is 0 Å². The van der Waals surface area contributed by atoms with Crippen LogP contribution in [0.15, 0.2) is 55.0 Å². The van der Waals surface area contributed by atoms with Gasteiger partial charge in [0.1, 0.15) is 35.6 Å². The average molecular weight is 406 g/mol. The van der Waals surface area contributed by atoms with Crippen molar-refractivity contribution in [1.29, 1.82) is 0 Å². The van der Waals surface area contributed by atoms with Crippen LogP contribution in [0.3, 0.4) is 0 Å². The van der Waals surface area contributed by atoms with E-state index < -0.39 is 30.6 Å². The van der Waals surface area contributed by atoms with E-state index in [1.807, 2.05) is 36.4 Å². The number of nitrogens with two attached hydrogens (primary N) is 1. The molecule has 154 valence electrons. The summed E-state index contributed by atoms with van der Waals surface area (Å²) in [5.74, 6) is 0.304. The maximum atomic E-state index is 10.9. The zero-order chi connectivity index (χ0) is 21.0. The number of fused-ring (bicyclic) bond motifs is 2. The van der Waals surface area contributed by atoms with E-state index in [1.54, 1.807) is 10.8 Å². The lowest BCUT2D eigenvalue weighted by atomic mass is 9.96. The molecule has 2 aromatic heterocycles. The topological polar surface area (TPSA) is 127 Å². The Balaban J connectivity index is 1.73. The number of aliphatic hydroxyl groups is 3. The maximum Gasteiger partial charge on any atom is 0.167 e. The summed E-state index contributed by atoms with van der Waals surface area (Å²) in [6, 6.07) is 14.1. The molecule has 1 aliphatic rings. The highest BCUT2D eigenvalue weighted by atomic mass is 16.6. The molecule has 5 N–H and O–H groups in total. The van der Waals surface area contributed by atoms with Crippen LogP contribution in [0.25, 0.3) is 32.9 Å². The minimum Gasteiger partial charge on any atom is -0.394 e. The van der Waals surface area contributed by atoms with E-state index >= 15 is 0 Å². The van der Waals surface area contributed by atoms with Crippen LogP contribution in [-0.2, 0) is 4.74 Å². The summed E-state index contributed by atoms with van der Waals surface area (Å²) in [6.07, 6.45) is 0.0163. The average Bonchev–Trinajstić information content (AvgIpc) is 3.24. The number of hydrogen-bond donors (Lipinski definition) is 4. The Kier molecular flexibility index (Phi) is 4.26. The van der Waals surface area contributed by atoms with Crippen molar-refractivity contribution in [3.8, 4) is 11.1 Å². The summed E-state index contributed by atoms with van der Waals surface area (Å²) in [7, 11) is 0. The van der Waals surface area contributed by atoms with Crippen molar-refractivity contribution < 1.29 is 20.1 Å². The van der Waals surface area contributed by atoms with Crippen molar-refractivity contribution in [2.45, 2.75) is 31.0 Å². The van der Waals surface area contributed by atoms with E-state index in [4.69, 9.17) is 10.5 Å². The summed E-state index contributed by atoms with van der Waals surface area (Å²) >= 11 is 0. The van der Waals surface area contributed by atoms with Crippen molar-refractivity contribution in [3.63, 3.8) is 0 Å². The van der Waals surface area contributed by atoms with Gasteiger partial charge < -0.3 is 30.4 Å². The van der Waals surface area contributed by atoms with E-state index in [2.05, 4.69) is 16.0 Å². The molecule has 0 bridgehead atoms. The number of ether oxygens (including phenoxy) is 1. The van der Waals surface area contributed by atoms with Crippen LogP contribution < -0.4 is 5.73 Å². The number of nitrogen functional groups attached to an aromatic ring is 1. The van der Waals surface area contributed by atoms with Crippen molar-refractivity contribution in [3.05, 3.63) is 55.0 Å². The van der Waals surface area contributed by atoms with Gasteiger partial charge in [0.15, 0.2) is 6.23 Å². The Bertz CT molecular complexity index is 1250. The molecule has 1 aliphatic heterocycles. The van der Waals surface area contributed by atoms with E-state index in [-0.39, 0.29) is 0 Å². The standard InChI is InChI=1S/C22H22N4O4/c1-22(29)18(28)16(10-27)30-21(22)26-9-15(17-19(23)24-11-25-20(17)26)14-7-6-12-4-2-3-5-13(12)8-14/h2-9,11,16,18,21,27-29H,10H2,1H3,(H2,23,24,25)/t16-,18-,21-,22-/m1/s1. The summed E-state index contributed by atoms with van der Waals surface area (Å²) in [5, 5.41) is 33.7. The number of hydrogen-bond acceptors (Lipinski definition) is 7. The Morgan fingerprint density at radius 2 is 1.93 bits per heavy atom. The molecule has 1 saturated heterocycles. The number of aromatic nitrogens is 3. The lowest BCUT2D eigenvalue weighted by Crippen LogP contribution is -2.44. The van der Waals surface area contributed by atoms with E-state index in [0.29, 0.717) is 16.9 Å². The molecule has 4 aromatic rings. The van der Waals surface area contributed by atoms with Gasteiger partial charge in [0.2, 0.25) is 0 Å². The molecule has 0 saturated carbocycles. The first-order valence-electron chi connectivity index (χ1n) is 9.68. The fraction of sp³-hybridized carbons (Fsp3) is 0.273. The maximum absolute atomic E-state index is 10.9. The lowest BCUT2D eigenvalue weighted by molar-refractivity contribution is -0.0948. The zero-order valence-electron chi connectivity index (χ0n) is 16.3. The summed E-state index contributed by atoms with van der Waals surface area (Å²) < 4.78 is 7.45. The Morgan fingerprint density at radius 3 is 2.67 bits per heavy atom. The van der Waals surface area contributed by atoms with Crippen LogP contribution >= 0.6 is 0 Å². The SMILES string of the molecule is C[C@@]1(O)[C@H](O)[C@@H](CO)O[C@H]1n1cc(-c2ccc3ccccc3c2)c2c(N)ncnc21. The summed E-state index contributed by atoms with van der Waals surface area (Å²) in [4.78, 5) is 8.51. The molecule has 8 nitrogen and oxygen atoms in total. The second-order valence-corrected chi connectivity index (χ2v) is 7.85. The minimum atomic E-state index is -1.64. The molecule has 8 heteroatoms. The van der Waals surface area contributed by atoms with Gasteiger partial charge in [-0.2, -0.15) is 0 Å². The molecule has 0 aliphatic carbocycles. The number of anilines is 1. The monoisotopic (exact) mass is 406 g/mol. The summed E-state index contributed by atoms with van der Waals surface area (Å²) in [6.45, 7) is 1.06. The molecular formula is C22H22N4O4. The van der Waals surface area contributed by atoms with E-state index in [9.17, 15) is 15.3 Å². The van der Waals surface area contributed by atoms with Gasteiger partial charge >= 0.3 is 0 Å². The second-order valence-electron chi connectivity index (χ2n) is 7.85. The third kappa shape index (κ3) is 2.69. The third-order valence-corrected chi connectivity index (χ3v) is 5.89. The van der Waals surface area contributed by atoms with Crippen LogP contribution in [0.5, 0.6) is 0 Å². The molecule has 1 fully saturated rings. The largest absolute Gasteiger partial charge is 0.394 e. The molecule has 0 radical (unpaired) electrons. The molecular weight excluding hydrogens is 384 g/mol. The van der Waals surface area contributed by atoms with Gasteiger partial charge in [-0.25, -0.2) is 9.97 Å². The predicted octanol–water partition coefficient (Wildman–Crippen LogP) is 1.84. The first-order chi connectivity index (χ1) is 14.4. The highest BCUT2D eigenvalue weighted by molar-refractivity contribution is 6.02. The lowest BCUT2D eigenvalue weighted by Gasteiger charge is -2.27. The number of nitrogens with zero attached hydrogens (tertiary/aromatic N) is 3. The van der Waals surface area contributed by atoms with Gasteiger partial charge in [-0.05, 0) is 29.3 Å². The van der Waals surface area contributed by atoms with Crippen molar-refractivity contribution in [2.24, 2.45) is 0 Å². The Hall–Kier alpha value is -3.04. The van der Waals surface area contributed by atoms with Crippen LogP contribution in [0, 0.1) is 0 Å². The van der Waals surface area contributed by atoms with Gasteiger partial charge in [-0.1, -0.05) is 36.4 Å². The quantitative estimate of drug-likeness (QED) is 0.409. The van der Waals surface area contributed by atoms with Gasteiger partial charge in [-0.3, -0.25) is 0 Å². The Morgan fingerprint density at radius 1 is 1.17 bits per heavy atom. The zero-order valence-corrected chi connectivity index (χ0v) is 16.3. The molecule has 0 unspecified atom stereocenters. The molecule has 30 heavy (non-hydrogen) atoms. The molecule has 2 aromatic carbocycles. The van der Waals surface area contributed by atoms with E-state index in [0.717, 1.165) is 21.9 Å². The summed E-state index contributed by atoms with van der Waals surface area (Å²) in [5.41, 5.74) is 6.74. The molecule has 5 rings (SSSR count). The van der Waals surface area contributed by atoms with E-state index in [1.165, 1.54) is 13.3 Å². The second kappa shape index (κ2) is 6.75. The van der Waals surface area contributed by atoms with Crippen molar-refractivity contribution in [2.75, 3.05) is 12.3 Å². The normalized spacial score (nSPS) is 26.6. The van der Waals surface area contributed by atoms with Crippen LogP contribution in [-0.4, -0.2) is 54.3 Å². The fourth-order valence-corrected chi connectivity index (χ4v) is 4.25. The highest BCUT2D eigenvalue weighted by Gasteiger charge is 2.53. The highest BCUT2D eigenvalue weighted by Crippen LogP contribution is 2.43. The van der Waals surface area contributed by atoms with Gasteiger partial charge in [0.25, 0.3) is 0 Å². The van der Waals surface area contributed by atoms with Crippen LogP contribution in [0.4, 0.5) is 5.82 Å². The third-order valence-electron chi connectivity index (χ3n) is 5.89. The predicted molar refractivity (Wildman–Crippen MR) is 113 cm³/mol. The minimum absolute atomic E-state index is 0.304. The molecule has 0 spiro atoms. The van der Waals surface area contributed by atoms with Gasteiger partial charge in [0.05, 0.1) is 12.0 Å². The first kappa shape index (κ1) is 19.0. The smallest absolute Gasteiger partial charge is 0.167 e. The Labute approximate surface area is 172 Å². The first-order valence-corrected chi connectivity index (χ1v) is 9.68. The molecule has 0 amide bonds. The fourth-order valence-electron chi connectivity index (χ4n) is 4.25. The molecule has 4 atom stereocenters. The van der Waals surface area contributed by atoms with Gasteiger partial charge in [0, 0.05) is 11.8 Å². The number of aliphatic hydroxyl groups excluding tert-OH is 2.